The van der Waals surface area contributed by atoms with Crippen LogP contribution in [0.25, 0.3) is 0 Å². The first kappa shape index (κ1) is 13.7. The summed E-state index contributed by atoms with van der Waals surface area (Å²) in [6.45, 7) is 12.1. The first-order valence-electron chi connectivity index (χ1n) is 4.85. The third-order valence-corrected chi connectivity index (χ3v) is 15.5. The maximum Gasteiger partial charge on any atom is 0.184 e. The molecule has 0 aromatic heterocycles. The zero-order valence-electron chi connectivity index (χ0n) is 10.2. The lowest BCUT2D eigenvalue weighted by atomic mass is 11.6. The Hall–Kier alpha value is 0.748. The SMILES string of the molecule is CN([Si](C)(C)C)[Si](C)(C)N[SiH2]N[SiH3]. The van der Waals surface area contributed by atoms with Crippen LogP contribution in [0, 0.1) is 0 Å². The van der Waals surface area contributed by atoms with Gasteiger partial charge in [0, 0.05) is 0 Å². The largest absolute Gasteiger partial charge is 0.360 e. The second kappa shape index (κ2) is 5.01. The Morgan fingerprint density at radius 1 is 1.15 bits per heavy atom. The molecule has 0 radical (unpaired) electrons. The minimum absolute atomic E-state index is 0.179. The number of nitrogens with zero attached hydrogens (tertiary/aromatic N) is 1. The molecule has 0 aromatic rings. The zero-order chi connectivity index (χ0) is 10.7. The molecular formula is C6H25N3Si4. The second-order valence-corrected chi connectivity index (χ2v) is 18.8. The van der Waals surface area contributed by atoms with Crippen molar-refractivity contribution >= 4 is 36.9 Å². The summed E-state index contributed by atoms with van der Waals surface area (Å²) in [7, 11) is 0.847. The quantitative estimate of drug-likeness (QED) is 0.609. The molecule has 0 heterocycles. The van der Waals surface area contributed by atoms with Gasteiger partial charge in [-0.05, 0) is 20.1 Å². The third kappa shape index (κ3) is 4.67. The van der Waals surface area contributed by atoms with Crippen LogP contribution in [-0.4, -0.2) is 48.2 Å². The van der Waals surface area contributed by atoms with Gasteiger partial charge in [0.1, 0.15) is 8.24 Å². The van der Waals surface area contributed by atoms with Gasteiger partial charge in [0.05, 0.1) is 10.4 Å². The highest BCUT2D eigenvalue weighted by molar-refractivity contribution is 6.91. The van der Waals surface area contributed by atoms with Crippen LogP contribution in [-0.2, 0) is 0 Å². The van der Waals surface area contributed by atoms with E-state index in [1.807, 2.05) is 0 Å². The van der Waals surface area contributed by atoms with Gasteiger partial charge in [-0.3, -0.25) is 0 Å². The molecule has 80 valence electrons. The topological polar surface area (TPSA) is 27.3 Å². The molecule has 13 heavy (non-hydrogen) atoms. The molecule has 0 saturated carbocycles. The van der Waals surface area contributed by atoms with Crippen molar-refractivity contribution in [3.8, 4) is 0 Å². The van der Waals surface area contributed by atoms with Crippen LogP contribution in [0.15, 0.2) is 0 Å². The molecule has 7 heteroatoms. The van der Waals surface area contributed by atoms with Crippen LogP contribution < -0.4 is 9.30 Å². The fourth-order valence-electron chi connectivity index (χ4n) is 1.26. The van der Waals surface area contributed by atoms with Gasteiger partial charge in [0.2, 0.25) is 0 Å². The molecule has 3 nitrogen and oxygen atoms in total. The summed E-state index contributed by atoms with van der Waals surface area (Å²) in [6.07, 6.45) is 0. The first-order chi connectivity index (χ1) is 5.72. The first-order valence-corrected chi connectivity index (χ1v) is 13.7. The number of nitrogens with one attached hydrogen (secondary N) is 2. The Morgan fingerprint density at radius 3 is 1.92 bits per heavy atom. The van der Waals surface area contributed by atoms with Crippen molar-refractivity contribution in [1.82, 2.24) is 13.5 Å². The molecule has 0 aromatic carbocycles. The Bertz CT molecular complexity index is 156. The average Bonchev–Trinajstić information content (AvgIpc) is 1.98. The van der Waals surface area contributed by atoms with E-state index in [2.05, 4.69) is 53.3 Å². The van der Waals surface area contributed by atoms with Gasteiger partial charge >= 0.3 is 0 Å². The molecule has 0 unspecified atom stereocenters. The number of hydrogen-bond donors (Lipinski definition) is 2. The Labute approximate surface area is 90.4 Å². The predicted molar refractivity (Wildman–Crippen MR) is 73.3 cm³/mol. The average molecular weight is 252 g/mol. The van der Waals surface area contributed by atoms with E-state index in [4.69, 9.17) is 0 Å². The Morgan fingerprint density at radius 2 is 1.62 bits per heavy atom. The third-order valence-electron chi connectivity index (χ3n) is 2.54. The fraction of sp³-hybridized carbons (Fsp3) is 1.00. The van der Waals surface area contributed by atoms with Crippen LogP contribution >= 0.6 is 0 Å². The van der Waals surface area contributed by atoms with E-state index in [1.165, 1.54) is 0 Å². The lowest BCUT2D eigenvalue weighted by molar-refractivity contribution is 0.740. The lowest BCUT2D eigenvalue weighted by Crippen LogP contribution is -2.67. The molecule has 0 bridgehead atoms. The summed E-state index contributed by atoms with van der Waals surface area (Å²) in [5.41, 5.74) is 0. The van der Waals surface area contributed by atoms with E-state index < -0.39 is 16.6 Å². The maximum absolute atomic E-state index is 3.78. The van der Waals surface area contributed by atoms with Gasteiger partial charge in [-0.2, -0.15) is 0 Å². The van der Waals surface area contributed by atoms with E-state index in [9.17, 15) is 0 Å². The van der Waals surface area contributed by atoms with Gasteiger partial charge in [-0.15, -0.1) is 0 Å². The van der Waals surface area contributed by atoms with Crippen LogP contribution in [0.4, 0.5) is 0 Å². The van der Waals surface area contributed by atoms with Crippen molar-refractivity contribution in [2.75, 3.05) is 7.05 Å². The van der Waals surface area contributed by atoms with Gasteiger partial charge in [0.15, 0.2) is 18.2 Å². The van der Waals surface area contributed by atoms with Crippen molar-refractivity contribution in [2.24, 2.45) is 0 Å². The van der Waals surface area contributed by atoms with Crippen molar-refractivity contribution < 1.29 is 0 Å². The van der Waals surface area contributed by atoms with Gasteiger partial charge in [-0.1, -0.05) is 19.6 Å². The van der Waals surface area contributed by atoms with E-state index in [-0.39, 0.29) is 9.84 Å². The molecule has 0 aliphatic carbocycles. The van der Waals surface area contributed by atoms with E-state index >= 15 is 0 Å². The van der Waals surface area contributed by atoms with E-state index in [0.717, 1.165) is 10.4 Å². The van der Waals surface area contributed by atoms with Crippen molar-refractivity contribution in [3.63, 3.8) is 0 Å². The number of hydrogen-bond acceptors (Lipinski definition) is 3. The fourth-order valence-corrected chi connectivity index (χ4v) is 13.7. The molecule has 0 aliphatic rings. The van der Waals surface area contributed by atoms with E-state index in [1.54, 1.807) is 0 Å². The predicted octanol–water partition coefficient (Wildman–Crippen LogP) is -1.09. The zero-order valence-corrected chi connectivity index (χ0v) is 15.6. The lowest BCUT2D eigenvalue weighted by Gasteiger charge is -2.42. The molecule has 0 amide bonds. The van der Waals surface area contributed by atoms with Crippen molar-refractivity contribution in [2.45, 2.75) is 32.7 Å². The Balaban J connectivity index is 4.27. The minimum atomic E-state index is -1.30. The molecule has 0 saturated heterocycles. The van der Waals surface area contributed by atoms with Crippen molar-refractivity contribution in [3.05, 3.63) is 0 Å². The molecule has 0 rings (SSSR count). The summed E-state index contributed by atoms with van der Waals surface area (Å²) in [4.78, 5) is 0. The smallest absolute Gasteiger partial charge is 0.184 e. The van der Waals surface area contributed by atoms with Gasteiger partial charge in [0.25, 0.3) is 0 Å². The summed E-state index contributed by atoms with van der Waals surface area (Å²) in [5.74, 6) is 0. The summed E-state index contributed by atoms with van der Waals surface area (Å²) < 4.78 is 9.86. The summed E-state index contributed by atoms with van der Waals surface area (Å²) >= 11 is 0. The van der Waals surface area contributed by atoms with Crippen LogP contribution in [0.2, 0.25) is 32.7 Å². The van der Waals surface area contributed by atoms with Crippen LogP contribution in [0.3, 0.4) is 0 Å². The number of rotatable bonds is 5. The molecule has 0 atom stereocenters. The van der Waals surface area contributed by atoms with Gasteiger partial charge in [-0.25, -0.2) is 0 Å². The summed E-state index contributed by atoms with van der Waals surface area (Å²) in [6, 6.07) is 0. The minimum Gasteiger partial charge on any atom is -0.360 e. The molecular weight excluding hydrogens is 226 g/mol. The molecule has 0 fully saturated rings. The standard InChI is InChI=1S/C6H25N3Si4/c1-9(12(2,3)4)13(5,6)8-11-7-10/h7-8H,11H2,1-6,10H3. The summed E-state index contributed by atoms with van der Waals surface area (Å²) in [5, 5.41) is 0. The van der Waals surface area contributed by atoms with Crippen LogP contribution in [0.1, 0.15) is 0 Å². The van der Waals surface area contributed by atoms with Crippen molar-refractivity contribution in [1.29, 1.82) is 0 Å². The maximum atomic E-state index is 3.78. The molecule has 2 N–H and O–H groups in total. The molecule has 0 aliphatic heterocycles. The van der Waals surface area contributed by atoms with Gasteiger partial charge < -0.3 is 13.5 Å². The highest BCUT2D eigenvalue weighted by Gasteiger charge is 2.34. The highest BCUT2D eigenvalue weighted by Crippen LogP contribution is 2.14. The molecule has 0 spiro atoms. The second-order valence-electron chi connectivity index (χ2n) is 5.00. The normalized spacial score (nSPS) is 15.0. The monoisotopic (exact) mass is 251 g/mol. The highest BCUT2D eigenvalue weighted by atomic mass is 28.4. The Kier molecular flexibility index (Phi) is 5.29. The van der Waals surface area contributed by atoms with Crippen LogP contribution in [0.5, 0.6) is 0 Å². The van der Waals surface area contributed by atoms with E-state index in [0.29, 0.717) is 0 Å².